The van der Waals surface area contributed by atoms with Crippen molar-refractivity contribution in [2.24, 2.45) is 4.99 Å². The number of amidine groups is 1. The second-order valence-electron chi connectivity index (χ2n) is 3.20. The number of aliphatic imine (C=N–C) groups is 1. The minimum atomic E-state index is 0.413. The van der Waals surface area contributed by atoms with Crippen molar-refractivity contribution in [3.8, 4) is 6.19 Å². The van der Waals surface area contributed by atoms with Crippen LogP contribution in [0.4, 0.5) is 0 Å². The van der Waals surface area contributed by atoms with E-state index in [2.05, 4.69) is 16.6 Å². The van der Waals surface area contributed by atoms with Gasteiger partial charge < -0.3 is 0 Å². The van der Waals surface area contributed by atoms with Crippen LogP contribution in [0.25, 0.3) is 0 Å². The van der Waals surface area contributed by atoms with E-state index in [9.17, 15) is 0 Å². The van der Waals surface area contributed by atoms with E-state index in [1.54, 1.807) is 0 Å². The molecule has 0 radical (unpaired) electrons. The van der Waals surface area contributed by atoms with E-state index < -0.39 is 0 Å². The van der Waals surface area contributed by atoms with E-state index in [1.807, 2.05) is 24.2 Å². The minimum Gasteiger partial charge on any atom is -0.272 e. The van der Waals surface area contributed by atoms with Crippen LogP contribution in [0.3, 0.4) is 0 Å². The molecule has 1 fully saturated rings. The Hall–Kier alpha value is -0.340. The van der Waals surface area contributed by atoms with Crippen molar-refractivity contribution in [3.05, 3.63) is 0 Å². The Morgan fingerprint density at radius 1 is 1.50 bits per heavy atom. The summed E-state index contributed by atoms with van der Waals surface area (Å²) >= 11 is 3.42. The van der Waals surface area contributed by atoms with Crippen LogP contribution < -0.4 is 5.32 Å². The topological polar surface area (TPSA) is 48.2 Å². The molecule has 2 unspecified atom stereocenters. The zero-order valence-electron chi connectivity index (χ0n) is 8.49. The van der Waals surface area contributed by atoms with Gasteiger partial charge in [0.2, 0.25) is 0 Å². The molecule has 0 aliphatic heterocycles. The summed E-state index contributed by atoms with van der Waals surface area (Å²) in [5, 5.41) is 12.6. The molecule has 14 heavy (non-hydrogen) atoms. The number of rotatable bonds is 2. The highest BCUT2D eigenvalue weighted by Crippen LogP contribution is 2.30. The first-order chi connectivity index (χ1) is 6.80. The summed E-state index contributed by atoms with van der Waals surface area (Å²) in [5.41, 5.74) is 0. The van der Waals surface area contributed by atoms with Gasteiger partial charge in [0.25, 0.3) is 0 Å². The summed E-state index contributed by atoms with van der Waals surface area (Å²) in [5.74, 6) is 0. The van der Waals surface area contributed by atoms with Crippen molar-refractivity contribution in [1.82, 2.24) is 5.32 Å². The molecule has 0 aromatic carbocycles. The third kappa shape index (κ3) is 3.43. The van der Waals surface area contributed by atoms with Gasteiger partial charge in [0, 0.05) is 5.25 Å². The maximum atomic E-state index is 8.48. The Morgan fingerprint density at radius 2 is 2.29 bits per heavy atom. The van der Waals surface area contributed by atoms with Crippen molar-refractivity contribution in [2.45, 2.75) is 30.6 Å². The molecule has 0 aromatic heterocycles. The van der Waals surface area contributed by atoms with Crippen LogP contribution >= 0.6 is 23.5 Å². The number of nitriles is 1. The number of hydrogen-bond acceptors (Lipinski definition) is 4. The Morgan fingerprint density at radius 3 is 2.79 bits per heavy atom. The zero-order chi connectivity index (χ0) is 10.4. The van der Waals surface area contributed by atoms with Crippen molar-refractivity contribution in [1.29, 1.82) is 5.26 Å². The minimum absolute atomic E-state index is 0.413. The van der Waals surface area contributed by atoms with Crippen LogP contribution in [-0.4, -0.2) is 29.0 Å². The lowest BCUT2D eigenvalue weighted by atomic mass is 10.3. The fraction of sp³-hybridized carbons (Fsp3) is 0.778. The van der Waals surface area contributed by atoms with E-state index >= 15 is 0 Å². The fourth-order valence-corrected chi connectivity index (χ4v) is 2.79. The maximum Gasteiger partial charge on any atom is 0.183 e. The molecule has 0 amide bonds. The average molecular weight is 229 g/mol. The predicted octanol–water partition coefficient (Wildman–Crippen LogP) is 2.06. The fourth-order valence-electron chi connectivity index (χ4n) is 1.60. The van der Waals surface area contributed by atoms with Gasteiger partial charge in [-0.2, -0.15) is 17.0 Å². The van der Waals surface area contributed by atoms with Crippen LogP contribution in [0.2, 0.25) is 0 Å². The third-order valence-electron chi connectivity index (χ3n) is 2.35. The van der Waals surface area contributed by atoms with Gasteiger partial charge in [-0.15, -0.1) is 0 Å². The smallest absolute Gasteiger partial charge is 0.183 e. The molecule has 0 spiro atoms. The van der Waals surface area contributed by atoms with Crippen molar-refractivity contribution >= 4 is 28.7 Å². The summed E-state index contributed by atoms with van der Waals surface area (Å²) in [6.07, 6.45) is 9.56. The average Bonchev–Trinajstić information content (AvgIpc) is 2.65. The normalized spacial score (nSPS) is 27.4. The van der Waals surface area contributed by atoms with Crippen LogP contribution in [-0.2, 0) is 0 Å². The lowest BCUT2D eigenvalue weighted by molar-refractivity contribution is 0.708. The Balaban J connectivity index is 2.46. The lowest BCUT2D eigenvalue weighted by Gasteiger charge is -2.06. The highest BCUT2D eigenvalue weighted by molar-refractivity contribution is 8.13. The van der Waals surface area contributed by atoms with Crippen LogP contribution in [0, 0.1) is 11.5 Å². The van der Waals surface area contributed by atoms with Crippen molar-refractivity contribution < 1.29 is 0 Å². The lowest BCUT2D eigenvalue weighted by Crippen LogP contribution is -2.16. The van der Waals surface area contributed by atoms with Gasteiger partial charge in [0.1, 0.15) is 0 Å². The summed E-state index contributed by atoms with van der Waals surface area (Å²) in [6, 6.07) is 0.413. The molecule has 0 heterocycles. The molecule has 0 saturated heterocycles. The first kappa shape index (κ1) is 11.7. The Labute approximate surface area is 93.7 Å². The van der Waals surface area contributed by atoms with Gasteiger partial charge in [-0.3, -0.25) is 10.3 Å². The molecular formula is C9H15N3S2. The molecule has 1 rings (SSSR count). The van der Waals surface area contributed by atoms with E-state index in [1.165, 1.54) is 18.2 Å². The van der Waals surface area contributed by atoms with Gasteiger partial charge in [-0.1, -0.05) is 11.8 Å². The summed E-state index contributed by atoms with van der Waals surface area (Å²) in [6.45, 7) is 0. The van der Waals surface area contributed by atoms with Gasteiger partial charge in [0.15, 0.2) is 11.4 Å². The quantitative estimate of drug-likeness (QED) is 0.341. The van der Waals surface area contributed by atoms with Gasteiger partial charge in [-0.25, -0.2) is 0 Å². The summed E-state index contributed by atoms with van der Waals surface area (Å²) in [4.78, 5) is 4.51. The second-order valence-corrected chi connectivity index (χ2v) is 5.13. The molecule has 0 bridgehead atoms. The first-order valence-electron chi connectivity index (χ1n) is 4.59. The molecule has 1 aliphatic rings. The highest BCUT2D eigenvalue weighted by Gasteiger charge is 2.23. The van der Waals surface area contributed by atoms with E-state index in [0.29, 0.717) is 6.04 Å². The number of nitrogens with one attached hydrogen (secondary N) is 1. The standard InChI is InChI=1S/C9H15N3S2/c1-13-8-4-3-7(5-8)12-9(14-2)11-6-10/h7-8H,3-5H2,1-2H3,(H,11,12). The van der Waals surface area contributed by atoms with Crippen LogP contribution in [0.1, 0.15) is 19.3 Å². The van der Waals surface area contributed by atoms with Gasteiger partial charge in [0.05, 0.1) is 6.04 Å². The first-order valence-corrected chi connectivity index (χ1v) is 7.11. The molecule has 1 aliphatic carbocycles. The SMILES string of the molecule is CSC(=NC1CCC(SC)C1)NC#N. The molecule has 3 nitrogen and oxygen atoms in total. The van der Waals surface area contributed by atoms with E-state index in [0.717, 1.165) is 23.3 Å². The molecule has 0 aromatic rings. The maximum absolute atomic E-state index is 8.48. The zero-order valence-corrected chi connectivity index (χ0v) is 10.1. The second kappa shape index (κ2) is 6.20. The molecule has 1 saturated carbocycles. The summed E-state index contributed by atoms with van der Waals surface area (Å²) in [7, 11) is 0. The number of thioether (sulfide) groups is 2. The highest BCUT2D eigenvalue weighted by atomic mass is 32.2. The predicted molar refractivity (Wildman–Crippen MR) is 64.6 cm³/mol. The van der Waals surface area contributed by atoms with E-state index in [-0.39, 0.29) is 0 Å². The molecule has 1 N–H and O–H groups in total. The molecule has 5 heteroatoms. The van der Waals surface area contributed by atoms with Crippen molar-refractivity contribution in [2.75, 3.05) is 12.5 Å². The molecular weight excluding hydrogens is 214 g/mol. The summed E-state index contributed by atoms with van der Waals surface area (Å²) < 4.78 is 0. The van der Waals surface area contributed by atoms with Gasteiger partial charge in [-0.05, 0) is 31.8 Å². The molecule has 78 valence electrons. The third-order valence-corrected chi connectivity index (χ3v) is 4.04. The van der Waals surface area contributed by atoms with Crippen molar-refractivity contribution in [3.63, 3.8) is 0 Å². The Bertz CT molecular complexity index is 247. The number of hydrogen-bond donors (Lipinski definition) is 1. The molecule has 2 atom stereocenters. The number of nitrogens with zero attached hydrogens (tertiary/aromatic N) is 2. The Kier molecular flexibility index (Phi) is 5.20. The van der Waals surface area contributed by atoms with Crippen LogP contribution in [0.5, 0.6) is 0 Å². The van der Waals surface area contributed by atoms with E-state index in [4.69, 9.17) is 5.26 Å². The monoisotopic (exact) mass is 229 g/mol. The van der Waals surface area contributed by atoms with Gasteiger partial charge >= 0.3 is 0 Å². The van der Waals surface area contributed by atoms with Crippen LogP contribution in [0.15, 0.2) is 4.99 Å². The largest absolute Gasteiger partial charge is 0.272 e.